The second-order valence-corrected chi connectivity index (χ2v) is 12.2. The van der Waals surface area contributed by atoms with Gasteiger partial charge < -0.3 is 10.0 Å². The van der Waals surface area contributed by atoms with Crippen molar-refractivity contribution in [2.24, 2.45) is 11.8 Å². The topological polar surface area (TPSA) is 61.6 Å². The number of hydrogen-bond donors (Lipinski definition) is 1. The molecule has 0 spiro atoms. The lowest BCUT2D eigenvalue weighted by atomic mass is 9.85. The molecule has 0 bridgehead atoms. The van der Waals surface area contributed by atoms with Gasteiger partial charge in [-0.05, 0) is 88.4 Å². The molecule has 5 rings (SSSR count). The Hall–Kier alpha value is -2.18. The Morgan fingerprint density at radius 3 is 2.57 bits per heavy atom. The molecule has 0 saturated carbocycles. The number of carboxylic acid groups (broad SMARTS) is 1. The van der Waals surface area contributed by atoms with Gasteiger partial charge in [0, 0.05) is 43.7 Å². The molecule has 1 aromatic heterocycles. The van der Waals surface area contributed by atoms with Crippen LogP contribution in [0, 0.1) is 18.8 Å². The predicted molar refractivity (Wildman–Crippen MR) is 148 cm³/mol. The predicted octanol–water partition coefficient (Wildman–Crippen LogP) is 5.09. The molecule has 2 fully saturated rings. The molecule has 0 radical (unpaired) electrons. The Morgan fingerprint density at radius 2 is 1.89 bits per heavy atom. The highest BCUT2D eigenvalue weighted by molar-refractivity contribution is 5.73. The minimum absolute atomic E-state index is 0.0968. The van der Waals surface area contributed by atoms with Crippen molar-refractivity contribution in [1.82, 2.24) is 19.6 Å². The summed E-state index contributed by atoms with van der Waals surface area (Å²) in [6.07, 6.45) is 7.36. The lowest BCUT2D eigenvalue weighted by Crippen LogP contribution is -2.44. The highest BCUT2D eigenvalue weighted by atomic mass is 16.4. The fraction of sp³-hybridized carbons (Fsp3) is 0.677. The van der Waals surface area contributed by atoms with Crippen LogP contribution in [0.1, 0.15) is 86.4 Å². The highest BCUT2D eigenvalue weighted by Gasteiger charge is 2.41. The molecule has 3 aliphatic rings. The van der Waals surface area contributed by atoms with Crippen LogP contribution in [0.2, 0.25) is 0 Å². The van der Waals surface area contributed by atoms with Crippen LogP contribution in [0.25, 0.3) is 0 Å². The van der Waals surface area contributed by atoms with E-state index in [1.54, 1.807) is 11.3 Å². The van der Waals surface area contributed by atoms with Crippen molar-refractivity contribution in [3.63, 3.8) is 0 Å². The van der Waals surface area contributed by atoms with Crippen LogP contribution in [0.3, 0.4) is 0 Å². The average molecular weight is 507 g/mol. The van der Waals surface area contributed by atoms with Crippen LogP contribution in [0.15, 0.2) is 24.3 Å². The van der Waals surface area contributed by atoms with Crippen LogP contribution in [0.5, 0.6) is 0 Å². The number of aliphatic carboxylic acids is 1. The van der Waals surface area contributed by atoms with Crippen molar-refractivity contribution in [2.75, 3.05) is 32.7 Å². The van der Waals surface area contributed by atoms with Gasteiger partial charge in [0.2, 0.25) is 0 Å². The van der Waals surface area contributed by atoms with Crippen molar-refractivity contribution >= 4 is 5.97 Å². The van der Waals surface area contributed by atoms with Crippen molar-refractivity contribution < 1.29 is 9.90 Å². The molecule has 3 heterocycles. The third kappa shape index (κ3) is 5.51. The summed E-state index contributed by atoms with van der Waals surface area (Å²) in [7, 11) is 0. The zero-order valence-electron chi connectivity index (χ0n) is 23.3. The molecule has 0 amide bonds. The molecule has 6 heteroatoms. The third-order valence-electron chi connectivity index (χ3n) is 9.25. The Morgan fingerprint density at radius 1 is 1.14 bits per heavy atom. The van der Waals surface area contributed by atoms with Crippen molar-refractivity contribution in [3.8, 4) is 0 Å². The number of nitrogens with zero attached hydrogens (tertiary/aromatic N) is 4. The van der Waals surface area contributed by atoms with E-state index in [1.165, 1.54) is 48.9 Å². The Balaban J connectivity index is 1.29. The SMILES string of the molecule is CCn1nc2c(c1C1CCN(CC3CN(C(C(=O)O)C(C)C)CC3c3cccc(C)c3)CC1)CCCC2. The first-order valence-corrected chi connectivity index (χ1v) is 14.7. The molecule has 202 valence electrons. The number of fused-ring (bicyclic) bond motifs is 1. The standard InChI is InChI=1S/C31H46N4O2/c1-5-35-30(26-11-6-7-12-28(26)32-35)23-13-15-33(16-14-23)18-25-19-34(29(21(2)3)31(36)37)20-27(25)24-10-8-9-22(4)17-24/h8-10,17,21,23,25,27,29H,5-7,11-16,18-20H2,1-4H3,(H,36,37). The van der Waals surface area contributed by atoms with Crippen LogP contribution < -0.4 is 0 Å². The van der Waals surface area contributed by atoms with Crippen LogP contribution >= 0.6 is 0 Å². The number of carboxylic acids is 1. The molecule has 37 heavy (non-hydrogen) atoms. The lowest BCUT2D eigenvalue weighted by Gasteiger charge is -2.35. The largest absolute Gasteiger partial charge is 0.480 e. The molecule has 2 aromatic rings. The van der Waals surface area contributed by atoms with Gasteiger partial charge in [-0.25, -0.2) is 0 Å². The average Bonchev–Trinajstić information content (AvgIpc) is 3.45. The van der Waals surface area contributed by atoms with E-state index in [9.17, 15) is 9.90 Å². The molecule has 3 atom stereocenters. The smallest absolute Gasteiger partial charge is 0.321 e. The number of piperidine rings is 1. The summed E-state index contributed by atoms with van der Waals surface area (Å²) >= 11 is 0. The fourth-order valence-electron chi connectivity index (χ4n) is 7.51. The number of hydrogen-bond acceptors (Lipinski definition) is 4. The maximum absolute atomic E-state index is 12.2. The summed E-state index contributed by atoms with van der Waals surface area (Å²) in [5.41, 5.74) is 7.14. The van der Waals surface area contributed by atoms with E-state index in [0.29, 0.717) is 17.8 Å². The van der Waals surface area contributed by atoms with E-state index in [1.807, 2.05) is 13.8 Å². The van der Waals surface area contributed by atoms with E-state index in [-0.39, 0.29) is 5.92 Å². The minimum atomic E-state index is -0.685. The van der Waals surface area contributed by atoms with Crippen LogP contribution in [-0.4, -0.2) is 69.4 Å². The molecule has 6 nitrogen and oxygen atoms in total. The van der Waals surface area contributed by atoms with E-state index >= 15 is 0 Å². The first-order chi connectivity index (χ1) is 17.9. The summed E-state index contributed by atoms with van der Waals surface area (Å²) < 4.78 is 2.32. The zero-order valence-corrected chi connectivity index (χ0v) is 23.3. The molecule has 3 unspecified atom stereocenters. The summed E-state index contributed by atoms with van der Waals surface area (Å²) in [6, 6.07) is 8.46. The second kappa shape index (κ2) is 11.3. The molecule has 1 N–H and O–H groups in total. The number of likely N-dealkylation sites (tertiary alicyclic amines) is 2. The summed E-state index contributed by atoms with van der Waals surface area (Å²) in [6.45, 7) is 14.4. The molecule has 2 saturated heterocycles. The van der Waals surface area contributed by atoms with Gasteiger partial charge in [0.1, 0.15) is 6.04 Å². The molecule has 1 aliphatic carbocycles. The van der Waals surface area contributed by atoms with Crippen LogP contribution in [0.4, 0.5) is 0 Å². The van der Waals surface area contributed by atoms with Crippen molar-refractivity contribution in [3.05, 3.63) is 52.3 Å². The molecular weight excluding hydrogens is 460 g/mol. The zero-order chi connectivity index (χ0) is 26.1. The van der Waals surface area contributed by atoms with E-state index in [4.69, 9.17) is 5.10 Å². The van der Waals surface area contributed by atoms with Gasteiger partial charge in [-0.3, -0.25) is 14.4 Å². The maximum atomic E-state index is 12.2. The van der Waals surface area contributed by atoms with Gasteiger partial charge in [0.25, 0.3) is 0 Å². The quantitative estimate of drug-likeness (QED) is 0.540. The summed E-state index contributed by atoms with van der Waals surface area (Å²) in [5, 5.41) is 15.0. The second-order valence-electron chi connectivity index (χ2n) is 12.2. The van der Waals surface area contributed by atoms with Crippen molar-refractivity contribution in [1.29, 1.82) is 0 Å². The first-order valence-electron chi connectivity index (χ1n) is 14.7. The Labute approximate surface area is 223 Å². The Kier molecular flexibility index (Phi) is 8.06. The first kappa shape index (κ1) is 26.4. The fourth-order valence-corrected chi connectivity index (χ4v) is 7.51. The van der Waals surface area contributed by atoms with Gasteiger partial charge in [-0.1, -0.05) is 43.7 Å². The van der Waals surface area contributed by atoms with Crippen molar-refractivity contribution in [2.45, 2.75) is 90.6 Å². The van der Waals surface area contributed by atoms with Gasteiger partial charge in [-0.15, -0.1) is 0 Å². The number of rotatable bonds is 8. The summed E-state index contributed by atoms with van der Waals surface area (Å²) in [5.74, 6) is 0.866. The van der Waals surface area contributed by atoms with E-state index in [0.717, 1.165) is 45.7 Å². The van der Waals surface area contributed by atoms with Gasteiger partial charge in [0.05, 0.1) is 5.69 Å². The molecule has 2 aliphatic heterocycles. The van der Waals surface area contributed by atoms with Gasteiger partial charge >= 0.3 is 5.97 Å². The number of aryl methyl sites for hydroxylation is 3. The summed E-state index contributed by atoms with van der Waals surface area (Å²) in [4.78, 5) is 17.1. The maximum Gasteiger partial charge on any atom is 0.321 e. The van der Waals surface area contributed by atoms with Crippen LogP contribution in [-0.2, 0) is 24.2 Å². The normalized spacial score (nSPS) is 24.5. The van der Waals surface area contributed by atoms with E-state index in [2.05, 4.69) is 52.6 Å². The van der Waals surface area contributed by atoms with Gasteiger partial charge in [-0.2, -0.15) is 5.10 Å². The molecular formula is C31H46N4O2. The number of aromatic nitrogens is 2. The monoisotopic (exact) mass is 506 g/mol. The third-order valence-corrected chi connectivity index (χ3v) is 9.25. The molecule has 1 aromatic carbocycles. The lowest BCUT2D eigenvalue weighted by molar-refractivity contribution is -0.144. The van der Waals surface area contributed by atoms with E-state index < -0.39 is 12.0 Å². The number of benzene rings is 1. The number of carbonyl (C=O) groups is 1. The van der Waals surface area contributed by atoms with Gasteiger partial charge in [0.15, 0.2) is 0 Å². The Bertz CT molecular complexity index is 1080. The highest BCUT2D eigenvalue weighted by Crippen LogP contribution is 2.38. The minimum Gasteiger partial charge on any atom is -0.480 e.